The molecule has 4 aromatic rings. The van der Waals surface area contributed by atoms with Gasteiger partial charge in [0.15, 0.2) is 5.89 Å². The highest BCUT2D eigenvalue weighted by Gasteiger charge is 2.22. The van der Waals surface area contributed by atoms with Crippen molar-refractivity contribution in [2.75, 3.05) is 38.7 Å². The van der Waals surface area contributed by atoms with Crippen molar-refractivity contribution in [2.45, 2.75) is 32.6 Å². The molecule has 4 heterocycles. The molecule has 10 heteroatoms. The topological polar surface area (TPSA) is 97.8 Å². The minimum Gasteiger partial charge on any atom is -0.436 e. The molecular formula is C26H29FN6O3. The van der Waals surface area contributed by atoms with Gasteiger partial charge < -0.3 is 19.4 Å². The highest BCUT2D eigenvalue weighted by atomic mass is 19.1. The van der Waals surface area contributed by atoms with E-state index in [1.165, 1.54) is 12.1 Å². The average Bonchev–Trinajstić information content (AvgIpc) is 3.45. The number of nitrogens with one attached hydrogen (secondary N) is 1. The summed E-state index contributed by atoms with van der Waals surface area (Å²) >= 11 is 0. The van der Waals surface area contributed by atoms with Gasteiger partial charge >= 0.3 is 0 Å². The number of carbonyl (C=O) groups is 1. The van der Waals surface area contributed by atoms with Crippen LogP contribution in [0.4, 0.5) is 10.1 Å². The van der Waals surface area contributed by atoms with E-state index >= 15 is 0 Å². The first-order chi connectivity index (χ1) is 17.4. The number of oxazole rings is 1. The van der Waals surface area contributed by atoms with E-state index in [1.807, 2.05) is 16.8 Å². The van der Waals surface area contributed by atoms with Crippen LogP contribution < -0.4 is 5.32 Å². The van der Waals surface area contributed by atoms with Crippen molar-refractivity contribution in [1.29, 1.82) is 0 Å². The van der Waals surface area contributed by atoms with Gasteiger partial charge in [0.25, 0.3) is 5.91 Å². The van der Waals surface area contributed by atoms with Gasteiger partial charge in [-0.05, 0) is 62.5 Å². The zero-order chi connectivity index (χ0) is 25.2. The molecule has 188 valence electrons. The number of benzene rings is 1. The number of hydrogen-bond donors (Lipinski definition) is 1. The fourth-order valence-corrected chi connectivity index (χ4v) is 4.68. The first-order valence-corrected chi connectivity index (χ1v) is 12.0. The number of rotatable bonds is 7. The molecule has 5 rings (SSSR count). The largest absolute Gasteiger partial charge is 0.436 e. The van der Waals surface area contributed by atoms with E-state index in [4.69, 9.17) is 9.15 Å². The zero-order valence-corrected chi connectivity index (χ0v) is 20.6. The molecule has 3 aromatic heterocycles. The first-order valence-electron chi connectivity index (χ1n) is 12.0. The average molecular weight is 493 g/mol. The number of likely N-dealkylation sites (tertiary alicyclic amines) is 1. The number of hydrogen-bond acceptors (Lipinski definition) is 7. The van der Waals surface area contributed by atoms with Crippen LogP contribution in [0.15, 0.2) is 41.2 Å². The highest BCUT2D eigenvalue weighted by Crippen LogP contribution is 2.29. The van der Waals surface area contributed by atoms with Crippen LogP contribution in [0.3, 0.4) is 0 Å². The number of carbonyl (C=O) groups excluding carboxylic acids is 1. The van der Waals surface area contributed by atoms with Gasteiger partial charge in [0, 0.05) is 50.4 Å². The molecule has 0 saturated carbocycles. The Bertz CT molecular complexity index is 1390. The van der Waals surface area contributed by atoms with Crippen molar-refractivity contribution >= 4 is 17.4 Å². The minimum atomic E-state index is -0.444. The van der Waals surface area contributed by atoms with Gasteiger partial charge in [-0.25, -0.2) is 19.3 Å². The number of aryl methyl sites for hydroxylation is 2. The predicted molar refractivity (Wildman–Crippen MR) is 133 cm³/mol. The molecule has 0 spiro atoms. The van der Waals surface area contributed by atoms with Crippen molar-refractivity contribution in [1.82, 2.24) is 24.3 Å². The monoisotopic (exact) mass is 492 g/mol. The van der Waals surface area contributed by atoms with Gasteiger partial charge in [0.1, 0.15) is 5.82 Å². The molecule has 1 aliphatic heterocycles. The van der Waals surface area contributed by atoms with Crippen LogP contribution in [0.2, 0.25) is 0 Å². The van der Waals surface area contributed by atoms with Crippen molar-refractivity contribution in [2.24, 2.45) is 0 Å². The molecule has 9 nitrogen and oxygen atoms in total. The van der Waals surface area contributed by atoms with E-state index in [9.17, 15) is 9.18 Å². The summed E-state index contributed by atoms with van der Waals surface area (Å²) in [5, 5.41) is 2.75. The number of halogens is 1. The lowest BCUT2D eigenvalue weighted by Crippen LogP contribution is -2.35. The predicted octanol–water partition coefficient (Wildman–Crippen LogP) is 4.22. The van der Waals surface area contributed by atoms with Crippen molar-refractivity contribution in [3.63, 3.8) is 0 Å². The summed E-state index contributed by atoms with van der Waals surface area (Å²) in [6.45, 7) is 7.12. The number of anilines is 1. The second-order valence-corrected chi connectivity index (χ2v) is 9.13. The summed E-state index contributed by atoms with van der Waals surface area (Å²) in [6, 6.07) is 4.37. The highest BCUT2D eigenvalue weighted by molar-refractivity contribution is 6.03. The van der Waals surface area contributed by atoms with Crippen molar-refractivity contribution in [3.8, 4) is 11.3 Å². The Morgan fingerprint density at radius 2 is 2.03 bits per heavy atom. The van der Waals surface area contributed by atoms with Crippen LogP contribution in [0.25, 0.3) is 17.0 Å². The molecule has 1 N–H and O–H groups in total. The summed E-state index contributed by atoms with van der Waals surface area (Å²) in [6.07, 6.45) is 7.79. The van der Waals surface area contributed by atoms with Crippen LogP contribution in [0.5, 0.6) is 0 Å². The summed E-state index contributed by atoms with van der Waals surface area (Å²) in [5.41, 5.74) is 2.79. The fourth-order valence-electron chi connectivity index (χ4n) is 4.68. The Morgan fingerprint density at radius 1 is 1.22 bits per heavy atom. The van der Waals surface area contributed by atoms with Crippen LogP contribution >= 0.6 is 0 Å². The molecule has 0 bridgehead atoms. The second kappa shape index (κ2) is 10.2. The molecule has 0 atom stereocenters. The second-order valence-electron chi connectivity index (χ2n) is 9.13. The number of methoxy groups -OCH3 is 1. The van der Waals surface area contributed by atoms with E-state index in [-0.39, 0.29) is 11.3 Å². The zero-order valence-electron chi connectivity index (χ0n) is 20.6. The third-order valence-electron chi connectivity index (χ3n) is 6.61. The molecule has 1 amide bonds. The Balaban J connectivity index is 1.34. The Morgan fingerprint density at radius 3 is 2.75 bits per heavy atom. The minimum absolute atomic E-state index is 0.132. The van der Waals surface area contributed by atoms with Gasteiger partial charge in [-0.1, -0.05) is 0 Å². The summed E-state index contributed by atoms with van der Waals surface area (Å²) < 4.78 is 27.2. The van der Waals surface area contributed by atoms with E-state index in [0.29, 0.717) is 34.7 Å². The number of aromatic nitrogens is 4. The van der Waals surface area contributed by atoms with Gasteiger partial charge in [-0.2, -0.15) is 0 Å². The summed E-state index contributed by atoms with van der Waals surface area (Å²) in [4.78, 5) is 28.2. The normalized spacial score (nSPS) is 15.0. The molecule has 0 unspecified atom stereocenters. The van der Waals surface area contributed by atoms with Crippen molar-refractivity contribution < 1.29 is 18.3 Å². The third kappa shape index (κ3) is 5.00. The number of piperidine rings is 1. The van der Waals surface area contributed by atoms with Crippen LogP contribution in [-0.2, 0) is 4.74 Å². The summed E-state index contributed by atoms with van der Waals surface area (Å²) in [7, 11) is 1.73. The smallest absolute Gasteiger partial charge is 0.293 e. The van der Waals surface area contributed by atoms with E-state index in [0.717, 1.165) is 44.6 Å². The van der Waals surface area contributed by atoms with Crippen LogP contribution in [0.1, 0.15) is 46.5 Å². The fraction of sp³-hybridized carbons (Fsp3) is 0.385. The molecule has 0 aliphatic carbocycles. The maximum atomic E-state index is 14.8. The molecule has 1 fully saturated rings. The van der Waals surface area contributed by atoms with E-state index in [2.05, 4.69) is 25.2 Å². The maximum absolute atomic E-state index is 14.8. The molecule has 1 saturated heterocycles. The summed E-state index contributed by atoms with van der Waals surface area (Å²) in [5.74, 6) is 0.572. The standard InChI is InChI=1S/C26H29FN6O3/c1-16-24(36-17(2)29-16)25(34)30-20-4-5-22(27)21(12-20)23-15-33-14-19(13-28-26(33)31-23)18-6-8-32(9-7-18)10-11-35-3/h4-5,12-15,18H,6-11H2,1-3H3,(H,30,34). The molecular weight excluding hydrogens is 463 g/mol. The lowest BCUT2D eigenvalue weighted by molar-refractivity contribution is 0.0994. The quantitative estimate of drug-likeness (QED) is 0.413. The Labute approximate surface area is 208 Å². The van der Waals surface area contributed by atoms with Gasteiger partial charge in [0.2, 0.25) is 11.5 Å². The number of nitrogens with zero attached hydrogens (tertiary/aromatic N) is 5. The Hall–Kier alpha value is -3.63. The number of imidazole rings is 1. The molecule has 1 aliphatic rings. The first kappa shape index (κ1) is 24.1. The van der Waals surface area contributed by atoms with E-state index < -0.39 is 11.7 Å². The SMILES string of the molecule is COCCN1CCC(c2cnc3nc(-c4cc(NC(=O)c5oc(C)nc5C)ccc4F)cn3c2)CC1. The number of amides is 1. The number of ether oxygens (including phenoxy) is 1. The third-order valence-corrected chi connectivity index (χ3v) is 6.61. The Kier molecular flexibility index (Phi) is 6.80. The molecule has 1 aromatic carbocycles. The lowest BCUT2D eigenvalue weighted by Gasteiger charge is -2.31. The lowest BCUT2D eigenvalue weighted by atomic mass is 9.91. The number of fused-ring (bicyclic) bond motifs is 1. The van der Waals surface area contributed by atoms with Gasteiger partial charge in [0.05, 0.1) is 18.0 Å². The van der Waals surface area contributed by atoms with Crippen molar-refractivity contribution in [3.05, 3.63) is 65.5 Å². The van der Waals surface area contributed by atoms with E-state index in [1.54, 1.807) is 33.2 Å². The molecule has 36 heavy (non-hydrogen) atoms. The molecule has 0 radical (unpaired) electrons. The van der Waals surface area contributed by atoms with Gasteiger partial charge in [-0.15, -0.1) is 0 Å². The van der Waals surface area contributed by atoms with Crippen LogP contribution in [0, 0.1) is 19.7 Å². The maximum Gasteiger partial charge on any atom is 0.293 e. The van der Waals surface area contributed by atoms with Crippen LogP contribution in [-0.4, -0.2) is 63.5 Å². The van der Waals surface area contributed by atoms with Gasteiger partial charge in [-0.3, -0.25) is 9.20 Å².